The van der Waals surface area contributed by atoms with Crippen LogP contribution in [0.25, 0.3) is 17.1 Å². The molecule has 0 fully saturated rings. The zero-order chi connectivity index (χ0) is 20.1. The average Bonchev–Trinajstić information content (AvgIpc) is 3.17. The van der Waals surface area contributed by atoms with E-state index in [0.29, 0.717) is 34.1 Å². The number of aromatic nitrogens is 3. The van der Waals surface area contributed by atoms with Gasteiger partial charge in [0.25, 0.3) is 0 Å². The number of nitrogens with zero attached hydrogens (tertiary/aromatic N) is 4. The highest BCUT2D eigenvalue weighted by Crippen LogP contribution is 2.29. The largest absolute Gasteiger partial charge is 0.471 e. The summed E-state index contributed by atoms with van der Waals surface area (Å²) in [5.41, 5.74) is 9.29. The molecule has 2 heterocycles. The van der Waals surface area contributed by atoms with E-state index in [2.05, 4.69) is 30.1 Å². The van der Waals surface area contributed by atoms with Crippen molar-refractivity contribution in [3.63, 3.8) is 0 Å². The van der Waals surface area contributed by atoms with Gasteiger partial charge in [-0.2, -0.15) is 23.3 Å². The van der Waals surface area contributed by atoms with Gasteiger partial charge in [0.2, 0.25) is 5.82 Å². The molecule has 0 bridgehead atoms. The van der Waals surface area contributed by atoms with Crippen molar-refractivity contribution < 1.29 is 17.7 Å². The molecule has 0 aliphatic carbocycles. The summed E-state index contributed by atoms with van der Waals surface area (Å²) in [7, 11) is 0. The zero-order valence-electron chi connectivity index (χ0n) is 14.0. The molecule has 3 rings (SSSR count). The third-order valence-corrected chi connectivity index (χ3v) is 3.79. The second-order valence-corrected chi connectivity index (χ2v) is 5.92. The second kappa shape index (κ2) is 8.17. The van der Waals surface area contributed by atoms with Gasteiger partial charge in [-0.15, -0.1) is 0 Å². The Balaban J connectivity index is 1.65. The minimum absolute atomic E-state index is 0.197. The quantitative estimate of drug-likeness (QED) is 0.564. The first-order valence-electron chi connectivity index (χ1n) is 7.80. The minimum atomic E-state index is -4.69. The number of nitrogens with one attached hydrogen (secondary N) is 2. The van der Waals surface area contributed by atoms with Crippen LogP contribution in [-0.4, -0.2) is 15.1 Å². The lowest BCUT2D eigenvalue weighted by Gasteiger charge is -2.04. The summed E-state index contributed by atoms with van der Waals surface area (Å²) in [4.78, 5) is 7.45. The van der Waals surface area contributed by atoms with Crippen molar-refractivity contribution in [2.45, 2.75) is 12.7 Å². The van der Waals surface area contributed by atoms with Gasteiger partial charge in [-0.1, -0.05) is 28.9 Å². The van der Waals surface area contributed by atoms with Crippen LogP contribution in [0.15, 0.2) is 58.4 Å². The fourth-order valence-corrected chi connectivity index (χ4v) is 2.30. The maximum atomic E-state index is 12.5. The predicted molar refractivity (Wildman–Crippen MR) is 93.9 cm³/mol. The Morgan fingerprint density at radius 3 is 2.54 bits per heavy atom. The monoisotopic (exact) mass is 408 g/mol. The van der Waals surface area contributed by atoms with E-state index in [0.717, 1.165) is 0 Å². The molecular weight excluding hydrogens is 397 g/mol. The third-order valence-electron chi connectivity index (χ3n) is 3.53. The van der Waals surface area contributed by atoms with Gasteiger partial charge in [0.1, 0.15) is 5.70 Å². The minimum Gasteiger partial charge on any atom is -0.383 e. The van der Waals surface area contributed by atoms with Crippen LogP contribution in [0.5, 0.6) is 0 Å². The molecule has 0 atom stereocenters. The topological polar surface area (TPSA) is 100 Å². The second-order valence-electron chi connectivity index (χ2n) is 5.49. The number of hydrogen-bond donors (Lipinski definition) is 2. The van der Waals surface area contributed by atoms with Gasteiger partial charge >= 0.3 is 12.1 Å². The van der Waals surface area contributed by atoms with Crippen LogP contribution < -0.4 is 5.32 Å². The molecule has 0 amide bonds. The number of halogens is 4. The maximum absolute atomic E-state index is 12.5. The van der Waals surface area contributed by atoms with Gasteiger partial charge < -0.3 is 9.84 Å². The highest BCUT2D eigenvalue weighted by atomic mass is 35.5. The van der Waals surface area contributed by atoms with Gasteiger partial charge in [0, 0.05) is 28.5 Å². The summed E-state index contributed by atoms with van der Waals surface area (Å²) in [5, 5.41) is 10.3. The zero-order valence-corrected chi connectivity index (χ0v) is 14.8. The van der Waals surface area contributed by atoms with E-state index in [1.807, 2.05) is 0 Å². The van der Waals surface area contributed by atoms with Crippen molar-refractivity contribution in [1.82, 2.24) is 20.4 Å². The lowest BCUT2D eigenvalue weighted by atomic mass is 10.2. The number of alkyl halides is 3. The van der Waals surface area contributed by atoms with Gasteiger partial charge in [-0.05, 0) is 24.3 Å². The van der Waals surface area contributed by atoms with Crippen LogP contribution in [0.4, 0.5) is 13.2 Å². The van der Waals surface area contributed by atoms with Crippen molar-refractivity contribution >= 4 is 17.3 Å². The molecular formula is C17H12ClF3N6O. The Labute approximate surface area is 161 Å². The molecule has 28 heavy (non-hydrogen) atoms. The van der Waals surface area contributed by atoms with E-state index in [9.17, 15) is 13.2 Å². The van der Waals surface area contributed by atoms with Crippen LogP contribution >= 0.6 is 11.6 Å². The number of hydrogen-bond acceptors (Lipinski definition) is 7. The normalized spacial score (nSPS) is 12.1. The molecule has 2 N–H and O–H groups in total. The Hall–Kier alpha value is -3.27. The highest BCUT2D eigenvalue weighted by molar-refractivity contribution is 6.30. The summed E-state index contributed by atoms with van der Waals surface area (Å²) in [6, 6.07) is 10.0. The van der Waals surface area contributed by atoms with Crippen LogP contribution in [0.2, 0.25) is 5.02 Å². The molecule has 0 saturated carbocycles. The molecule has 3 aromatic rings. The van der Waals surface area contributed by atoms with Crippen LogP contribution in [0.3, 0.4) is 0 Å². The molecule has 144 valence electrons. The lowest BCUT2D eigenvalue weighted by molar-refractivity contribution is -0.159. The predicted octanol–water partition coefficient (Wildman–Crippen LogP) is 4.92. The lowest BCUT2D eigenvalue weighted by Crippen LogP contribution is -2.07. The number of benzene rings is 1. The number of rotatable bonds is 6. The summed E-state index contributed by atoms with van der Waals surface area (Å²) in [6.45, 7) is 0.312. The van der Waals surface area contributed by atoms with E-state index < -0.39 is 12.1 Å². The SMILES string of the molecule is N=N/C(=C\NCc1ccc(-c2noc(C(F)(F)F)n2)cn1)c1ccc(Cl)cc1. The molecule has 0 aliphatic heterocycles. The highest BCUT2D eigenvalue weighted by Gasteiger charge is 2.38. The molecule has 0 unspecified atom stereocenters. The Morgan fingerprint density at radius 2 is 1.96 bits per heavy atom. The fourth-order valence-electron chi connectivity index (χ4n) is 2.17. The summed E-state index contributed by atoms with van der Waals surface area (Å²) in [5.74, 6) is -1.61. The van der Waals surface area contributed by atoms with Crippen molar-refractivity contribution in [3.05, 3.63) is 71.0 Å². The van der Waals surface area contributed by atoms with Crippen LogP contribution in [0.1, 0.15) is 17.1 Å². The molecule has 0 spiro atoms. The molecule has 0 saturated heterocycles. The standard InChI is InChI=1S/C17H12ClF3N6O/c18-12-4-1-10(2-5-12)14(26-22)9-23-8-13-6-3-11(7-24-13)15-25-16(28-27-15)17(19,20)21/h1-7,9,22-23H,8H2/b14-9-,26-22?. The number of pyridine rings is 1. The molecule has 0 aliphatic rings. The molecule has 7 nitrogen and oxygen atoms in total. The van der Waals surface area contributed by atoms with Gasteiger partial charge in [0.05, 0.1) is 12.2 Å². The Bertz CT molecular complexity index is 983. The van der Waals surface area contributed by atoms with E-state index in [4.69, 9.17) is 17.1 Å². The van der Waals surface area contributed by atoms with Crippen LogP contribution in [0, 0.1) is 5.53 Å². The van der Waals surface area contributed by atoms with E-state index >= 15 is 0 Å². The molecule has 11 heteroatoms. The van der Waals surface area contributed by atoms with Crippen molar-refractivity contribution in [1.29, 1.82) is 5.53 Å². The third kappa shape index (κ3) is 4.71. The van der Waals surface area contributed by atoms with Crippen LogP contribution in [-0.2, 0) is 12.7 Å². The first-order valence-corrected chi connectivity index (χ1v) is 8.18. The Kier molecular flexibility index (Phi) is 5.69. The van der Waals surface area contributed by atoms with E-state index in [-0.39, 0.29) is 5.82 Å². The fraction of sp³-hybridized carbons (Fsp3) is 0.118. The van der Waals surface area contributed by atoms with E-state index in [1.165, 1.54) is 12.3 Å². The molecule has 2 aromatic heterocycles. The van der Waals surface area contributed by atoms with E-state index in [1.54, 1.807) is 36.5 Å². The average molecular weight is 409 g/mol. The maximum Gasteiger partial charge on any atom is 0.471 e. The van der Waals surface area contributed by atoms with Gasteiger partial charge in [0.15, 0.2) is 0 Å². The van der Waals surface area contributed by atoms with Crippen molar-refractivity contribution in [2.75, 3.05) is 0 Å². The van der Waals surface area contributed by atoms with Crippen molar-refractivity contribution in [2.24, 2.45) is 5.11 Å². The summed E-state index contributed by atoms with van der Waals surface area (Å²) < 4.78 is 41.7. The smallest absolute Gasteiger partial charge is 0.383 e. The summed E-state index contributed by atoms with van der Waals surface area (Å²) in [6.07, 6.45) is -1.79. The summed E-state index contributed by atoms with van der Waals surface area (Å²) >= 11 is 5.83. The first-order chi connectivity index (χ1) is 13.4. The van der Waals surface area contributed by atoms with Gasteiger partial charge in [-0.3, -0.25) is 4.98 Å². The van der Waals surface area contributed by atoms with Crippen molar-refractivity contribution in [3.8, 4) is 11.4 Å². The molecule has 0 radical (unpaired) electrons. The van der Waals surface area contributed by atoms with Gasteiger partial charge in [-0.25, -0.2) is 5.53 Å². The molecule has 1 aromatic carbocycles. The first kappa shape index (κ1) is 19.5. The Morgan fingerprint density at radius 1 is 1.21 bits per heavy atom.